The topological polar surface area (TPSA) is 102 Å². The molecule has 0 aliphatic carbocycles. The van der Waals surface area contributed by atoms with Crippen LogP contribution in [-0.4, -0.2) is 58.7 Å². The van der Waals surface area contributed by atoms with Gasteiger partial charge < -0.3 is 14.6 Å². The summed E-state index contributed by atoms with van der Waals surface area (Å²) in [5, 5.41) is 8.44. The Balaban J connectivity index is 3.58. The Bertz CT molecular complexity index is 316. The van der Waals surface area contributed by atoms with Gasteiger partial charge >= 0.3 is 5.97 Å². The van der Waals surface area contributed by atoms with Gasteiger partial charge in [0.05, 0.1) is 26.1 Å². The molecular formula is C10H21NO6S. The summed E-state index contributed by atoms with van der Waals surface area (Å²) in [6.45, 7) is 0.891. The third kappa shape index (κ3) is 10.5. The fourth-order valence-corrected chi connectivity index (χ4v) is 2.27. The van der Waals surface area contributed by atoms with Crippen LogP contribution in [0.1, 0.15) is 19.3 Å². The van der Waals surface area contributed by atoms with Crippen molar-refractivity contribution in [2.45, 2.75) is 19.3 Å². The molecule has 0 spiro atoms. The van der Waals surface area contributed by atoms with Gasteiger partial charge in [0.1, 0.15) is 0 Å². The van der Waals surface area contributed by atoms with Crippen LogP contribution in [-0.2, 0) is 24.3 Å². The molecule has 2 N–H and O–H groups in total. The van der Waals surface area contributed by atoms with Crippen molar-refractivity contribution >= 4 is 16.0 Å². The van der Waals surface area contributed by atoms with E-state index in [1.165, 1.54) is 7.11 Å². The monoisotopic (exact) mass is 283 g/mol. The van der Waals surface area contributed by atoms with Crippen molar-refractivity contribution in [1.82, 2.24) is 4.72 Å². The zero-order valence-corrected chi connectivity index (χ0v) is 11.4. The zero-order chi connectivity index (χ0) is 13.9. The van der Waals surface area contributed by atoms with Crippen molar-refractivity contribution in [2.24, 2.45) is 0 Å². The Hall–Kier alpha value is -0.700. The lowest BCUT2D eigenvalue weighted by atomic mass is 10.3. The molecule has 0 fully saturated rings. The lowest BCUT2D eigenvalue weighted by Crippen LogP contribution is -2.28. The largest absolute Gasteiger partial charge is 0.469 e. The highest BCUT2D eigenvalue weighted by molar-refractivity contribution is 7.89. The fraction of sp³-hybridized carbons (Fsp3) is 0.900. The summed E-state index contributed by atoms with van der Waals surface area (Å²) in [5.74, 6) is -0.512. The first-order chi connectivity index (χ1) is 8.52. The van der Waals surface area contributed by atoms with E-state index in [2.05, 4.69) is 9.46 Å². The average molecular weight is 283 g/mol. The third-order valence-corrected chi connectivity index (χ3v) is 3.51. The summed E-state index contributed by atoms with van der Waals surface area (Å²) in [5.41, 5.74) is 0. The van der Waals surface area contributed by atoms with E-state index in [-0.39, 0.29) is 38.4 Å². The predicted molar refractivity (Wildman–Crippen MR) is 65.6 cm³/mol. The maximum atomic E-state index is 11.4. The molecule has 0 rings (SSSR count). The van der Waals surface area contributed by atoms with Crippen molar-refractivity contribution in [3.63, 3.8) is 0 Å². The molecule has 0 aliphatic heterocycles. The van der Waals surface area contributed by atoms with E-state index in [1.807, 2.05) is 0 Å². The van der Waals surface area contributed by atoms with Gasteiger partial charge in [-0.1, -0.05) is 0 Å². The highest BCUT2D eigenvalue weighted by Crippen LogP contribution is 1.96. The first kappa shape index (κ1) is 17.3. The van der Waals surface area contributed by atoms with Crippen LogP contribution in [0.15, 0.2) is 0 Å². The fourth-order valence-electron chi connectivity index (χ4n) is 1.15. The Labute approximate surface area is 108 Å². The first-order valence-corrected chi connectivity index (χ1v) is 7.40. The molecule has 8 heteroatoms. The first-order valence-electron chi connectivity index (χ1n) is 5.74. The quantitative estimate of drug-likeness (QED) is 0.382. The van der Waals surface area contributed by atoms with Crippen LogP contribution in [0.3, 0.4) is 0 Å². The molecule has 0 aromatic heterocycles. The second-order valence-corrected chi connectivity index (χ2v) is 5.51. The summed E-state index contributed by atoms with van der Waals surface area (Å²) in [6, 6.07) is 0. The number of nitrogens with one attached hydrogen (secondary N) is 1. The van der Waals surface area contributed by atoms with Gasteiger partial charge in [-0.15, -0.1) is 0 Å². The SMILES string of the molecule is COC(=O)CCCS(=O)(=O)NCCCOCCO. The zero-order valence-electron chi connectivity index (χ0n) is 10.6. The summed E-state index contributed by atoms with van der Waals surface area (Å²) >= 11 is 0. The van der Waals surface area contributed by atoms with E-state index in [4.69, 9.17) is 9.84 Å². The van der Waals surface area contributed by atoms with Crippen molar-refractivity contribution in [3.8, 4) is 0 Å². The number of esters is 1. The van der Waals surface area contributed by atoms with Gasteiger partial charge in [0.2, 0.25) is 10.0 Å². The lowest BCUT2D eigenvalue weighted by molar-refractivity contribution is -0.140. The molecule has 18 heavy (non-hydrogen) atoms. The van der Waals surface area contributed by atoms with Gasteiger partial charge in [-0.3, -0.25) is 4.79 Å². The van der Waals surface area contributed by atoms with Gasteiger partial charge in [-0.2, -0.15) is 0 Å². The average Bonchev–Trinajstić information content (AvgIpc) is 2.33. The summed E-state index contributed by atoms with van der Waals surface area (Å²) in [4.78, 5) is 10.8. The summed E-state index contributed by atoms with van der Waals surface area (Å²) < 4.78 is 34.7. The highest BCUT2D eigenvalue weighted by atomic mass is 32.2. The number of hydrogen-bond acceptors (Lipinski definition) is 6. The number of rotatable bonds is 11. The molecule has 0 radical (unpaired) electrons. The Morgan fingerprint density at radius 1 is 1.28 bits per heavy atom. The molecule has 0 atom stereocenters. The van der Waals surface area contributed by atoms with E-state index in [0.29, 0.717) is 13.0 Å². The van der Waals surface area contributed by atoms with Crippen LogP contribution in [0, 0.1) is 0 Å². The van der Waals surface area contributed by atoms with Crippen LogP contribution in [0.25, 0.3) is 0 Å². The molecule has 108 valence electrons. The number of hydrogen-bond donors (Lipinski definition) is 2. The van der Waals surface area contributed by atoms with Gasteiger partial charge in [0.15, 0.2) is 0 Å². The smallest absolute Gasteiger partial charge is 0.305 e. The minimum absolute atomic E-state index is 0.0424. The van der Waals surface area contributed by atoms with E-state index < -0.39 is 16.0 Å². The van der Waals surface area contributed by atoms with Crippen LogP contribution in [0.5, 0.6) is 0 Å². The number of aliphatic hydroxyl groups excluding tert-OH is 1. The van der Waals surface area contributed by atoms with Gasteiger partial charge in [0, 0.05) is 19.6 Å². The van der Waals surface area contributed by atoms with Crippen LogP contribution >= 0.6 is 0 Å². The van der Waals surface area contributed by atoms with Crippen molar-refractivity contribution in [1.29, 1.82) is 0 Å². The highest BCUT2D eigenvalue weighted by Gasteiger charge is 2.10. The molecule has 0 amide bonds. The normalized spacial score (nSPS) is 11.4. The second kappa shape index (κ2) is 10.2. The Kier molecular flexibility index (Phi) is 9.85. The van der Waals surface area contributed by atoms with Crippen LogP contribution in [0.2, 0.25) is 0 Å². The number of sulfonamides is 1. The minimum Gasteiger partial charge on any atom is -0.469 e. The van der Waals surface area contributed by atoms with Crippen LogP contribution in [0.4, 0.5) is 0 Å². The molecule has 0 saturated heterocycles. The molecule has 0 aromatic rings. The number of methoxy groups -OCH3 is 1. The second-order valence-electron chi connectivity index (χ2n) is 3.58. The molecular weight excluding hydrogens is 262 g/mol. The van der Waals surface area contributed by atoms with Gasteiger partial charge in [-0.25, -0.2) is 13.1 Å². The van der Waals surface area contributed by atoms with Crippen molar-refractivity contribution < 1.29 is 27.8 Å². The lowest BCUT2D eigenvalue weighted by Gasteiger charge is -2.06. The van der Waals surface area contributed by atoms with E-state index in [1.54, 1.807) is 0 Å². The maximum absolute atomic E-state index is 11.4. The summed E-state index contributed by atoms with van der Waals surface area (Å²) in [7, 11) is -2.08. The standard InChI is InChI=1S/C10H21NO6S/c1-16-10(13)4-2-9-18(14,15)11-5-3-7-17-8-6-12/h11-12H,2-9H2,1H3. The van der Waals surface area contributed by atoms with E-state index >= 15 is 0 Å². The van der Waals surface area contributed by atoms with E-state index in [0.717, 1.165) is 0 Å². The minimum atomic E-state index is -3.34. The summed E-state index contributed by atoms with van der Waals surface area (Å²) in [6.07, 6.45) is 0.871. The molecule has 0 saturated carbocycles. The third-order valence-electron chi connectivity index (χ3n) is 2.04. The molecule has 0 unspecified atom stereocenters. The number of carbonyl (C=O) groups excluding carboxylic acids is 1. The Morgan fingerprint density at radius 3 is 2.61 bits per heavy atom. The number of carbonyl (C=O) groups is 1. The maximum Gasteiger partial charge on any atom is 0.305 e. The molecule has 0 aliphatic rings. The van der Waals surface area contributed by atoms with Crippen molar-refractivity contribution in [2.75, 3.05) is 39.2 Å². The van der Waals surface area contributed by atoms with E-state index in [9.17, 15) is 13.2 Å². The molecule has 0 bridgehead atoms. The predicted octanol–water partition coefficient (Wildman–Crippen LogP) is -0.742. The molecule has 7 nitrogen and oxygen atoms in total. The number of ether oxygens (including phenoxy) is 2. The molecule has 0 heterocycles. The van der Waals surface area contributed by atoms with Gasteiger partial charge in [-0.05, 0) is 12.8 Å². The number of aliphatic hydroxyl groups is 1. The van der Waals surface area contributed by atoms with Crippen molar-refractivity contribution in [3.05, 3.63) is 0 Å². The Morgan fingerprint density at radius 2 is 2.00 bits per heavy atom. The van der Waals surface area contributed by atoms with Crippen LogP contribution < -0.4 is 4.72 Å². The molecule has 0 aromatic carbocycles. The van der Waals surface area contributed by atoms with Gasteiger partial charge in [0.25, 0.3) is 0 Å².